The highest BCUT2D eigenvalue weighted by molar-refractivity contribution is 6.33. The number of benzene rings is 2. The Morgan fingerprint density at radius 1 is 1.04 bits per heavy atom. The van der Waals surface area contributed by atoms with E-state index in [0.717, 1.165) is 0 Å². The van der Waals surface area contributed by atoms with Gasteiger partial charge in [0.05, 0.1) is 16.3 Å². The molecule has 1 aliphatic rings. The van der Waals surface area contributed by atoms with Gasteiger partial charge in [-0.15, -0.1) is 0 Å². The van der Waals surface area contributed by atoms with E-state index >= 15 is 0 Å². The van der Waals surface area contributed by atoms with E-state index in [0.29, 0.717) is 48.0 Å². The highest BCUT2D eigenvalue weighted by Crippen LogP contribution is 2.23. The summed E-state index contributed by atoms with van der Waals surface area (Å²) in [7, 11) is 0. The molecule has 130 valence electrons. The lowest BCUT2D eigenvalue weighted by Crippen LogP contribution is -2.49. The van der Waals surface area contributed by atoms with E-state index in [1.165, 1.54) is 13.0 Å². The molecule has 0 spiro atoms. The first kappa shape index (κ1) is 17.4. The Hall–Kier alpha value is -2.40. The predicted octanol–water partition coefficient (Wildman–Crippen LogP) is 3.64. The molecule has 3 rings (SSSR count). The van der Waals surface area contributed by atoms with Gasteiger partial charge in [-0.25, -0.2) is 4.39 Å². The highest BCUT2D eigenvalue weighted by atomic mass is 35.5. The largest absolute Gasteiger partial charge is 0.366 e. The molecular formula is C19H18ClFN2O2. The number of carbonyl (C=O) groups excluding carboxylic acids is 2. The topological polar surface area (TPSA) is 40.6 Å². The lowest BCUT2D eigenvalue weighted by molar-refractivity contribution is 0.0746. The van der Waals surface area contributed by atoms with Crippen molar-refractivity contribution in [2.45, 2.75) is 6.92 Å². The molecular weight excluding hydrogens is 343 g/mol. The zero-order valence-electron chi connectivity index (χ0n) is 13.8. The number of Topliss-reactive ketones (excluding diaryl/α,β-unsaturated/α-hetero) is 1. The first-order chi connectivity index (χ1) is 12.0. The van der Waals surface area contributed by atoms with Gasteiger partial charge in [-0.3, -0.25) is 9.59 Å². The van der Waals surface area contributed by atoms with Crippen molar-refractivity contribution in [1.82, 2.24) is 4.90 Å². The van der Waals surface area contributed by atoms with E-state index in [4.69, 9.17) is 11.6 Å². The number of anilines is 1. The zero-order valence-corrected chi connectivity index (χ0v) is 14.6. The molecule has 25 heavy (non-hydrogen) atoms. The molecule has 0 unspecified atom stereocenters. The van der Waals surface area contributed by atoms with Gasteiger partial charge in [0.25, 0.3) is 5.91 Å². The number of hydrogen-bond acceptors (Lipinski definition) is 3. The molecule has 0 N–H and O–H groups in total. The smallest absolute Gasteiger partial charge is 0.255 e. The van der Waals surface area contributed by atoms with Crippen LogP contribution in [0, 0.1) is 5.82 Å². The number of rotatable bonds is 3. The summed E-state index contributed by atoms with van der Waals surface area (Å²) in [6, 6.07) is 11.5. The van der Waals surface area contributed by atoms with Crippen LogP contribution >= 0.6 is 11.6 Å². The van der Waals surface area contributed by atoms with E-state index in [2.05, 4.69) is 0 Å². The second kappa shape index (κ2) is 7.23. The molecule has 0 aliphatic carbocycles. The monoisotopic (exact) mass is 360 g/mol. The van der Waals surface area contributed by atoms with Crippen molar-refractivity contribution in [1.29, 1.82) is 0 Å². The molecule has 1 amide bonds. The van der Waals surface area contributed by atoms with Crippen molar-refractivity contribution < 1.29 is 14.0 Å². The maximum atomic E-state index is 14.3. The molecule has 6 heteroatoms. The van der Waals surface area contributed by atoms with Crippen molar-refractivity contribution in [3.63, 3.8) is 0 Å². The lowest BCUT2D eigenvalue weighted by Gasteiger charge is -2.36. The summed E-state index contributed by atoms with van der Waals surface area (Å²) in [5.74, 6) is -0.697. The van der Waals surface area contributed by atoms with Crippen LogP contribution in [0.25, 0.3) is 0 Å². The van der Waals surface area contributed by atoms with Crippen LogP contribution in [0.4, 0.5) is 10.1 Å². The van der Waals surface area contributed by atoms with Gasteiger partial charge < -0.3 is 9.80 Å². The van der Waals surface area contributed by atoms with Gasteiger partial charge in [0.15, 0.2) is 5.78 Å². The third-order valence-electron chi connectivity index (χ3n) is 4.37. The van der Waals surface area contributed by atoms with Gasteiger partial charge >= 0.3 is 0 Å². The first-order valence-electron chi connectivity index (χ1n) is 8.06. The summed E-state index contributed by atoms with van der Waals surface area (Å²) in [6.07, 6.45) is 0. The number of nitrogens with zero attached hydrogens (tertiary/aromatic N) is 2. The van der Waals surface area contributed by atoms with E-state index < -0.39 is 5.82 Å². The van der Waals surface area contributed by atoms with Crippen molar-refractivity contribution >= 4 is 29.0 Å². The molecule has 0 bridgehead atoms. The summed E-state index contributed by atoms with van der Waals surface area (Å²) >= 11 is 6.09. The summed E-state index contributed by atoms with van der Waals surface area (Å²) in [4.78, 5) is 27.5. The zero-order chi connectivity index (χ0) is 18.0. The third kappa shape index (κ3) is 3.66. The fourth-order valence-electron chi connectivity index (χ4n) is 2.94. The van der Waals surface area contributed by atoms with E-state index in [1.807, 2.05) is 4.90 Å². The number of amides is 1. The molecule has 1 heterocycles. The van der Waals surface area contributed by atoms with Crippen LogP contribution in [0.5, 0.6) is 0 Å². The number of hydrogen-bond donors (Lipinski definition) is 0. The minimum Gasteiger partial charge on any atom is -0.366 e. The molecule has 0 aromatic heterocycles. The summed E-state index contributed by atoms with van der Waals surface area (Å²) in [5, 5.41) is 0.431. The maximum absolute atomic E-state index is 14.3. The lowest BCUT2D eigenvalue weighted by atomic mass is 10.1. The average molecular weight is 361 g/mol. The van der Waals surface area contributed by atoms with Crippen molar-refractivity contribution in [2.24, 2.45) is 0 Å². The fourth-order valence-corrected chi connectivity index (χ4v) is 3.15. The highest BCUT2D eigenvalue weighted by Gasteiger charge is 2.24. The van der Waals surface area contributed by atoms with Crippen LogP contribution in [-0.2, 0) is 0 Å². The predicted molar refractivity (Wildman–Crippen MR) is 96.0 cm³/mol. The van der Waals surface area contributed by atoms with Gasteiger partial charge in [0.2, 0.25) is 0 Å². The third-order valence-corrected chi connectivity index (χ3v) is 4.70. The van der Waals surface area contributed by atoms with Crippen LogP contribution in [0.3, 0.4) is 0 Å². The second-order valence-electron chi connectivity index (χ2n) is 5.98. The van der Waals surface area contributed by atoms with Crippen LogP contribution in [0.15, 0.2) is 42.5 Å². The van der Waals surface area contributed by atoms with Gasteiger partial charge in [0, 0.05) is 31.7 Å². The minimum atomic E-state index is -0.418. The maximum Gasteiger partial charge on any atom is 0.255 e. The normalized spacial score (nSPS) is 14.5. The number of halogens is 2. The SMILES string of the molecule is CC(=O)c1ccc(N2CCN(C(=O)c3ccccc3Cl)CC2)c(F)c1. The minimum absolute atomic E-state index is 0.113. The second-order valence-corrected chi connectivity index (χ2v) is 6.39. The summed E-state index contributed by atoms with van der Waals surface area (Å²) in [5.41, 5.74) is 1.29. The molecule has 1 fully saturated rings. The Morgan fingerprint density at radius 2 is 1.72 bits per heavy atom. The Kier molecular flexibility index (Phi) is 5.04. The van der Waals surface area contributed by atoms with Gasteiger partial charge in [-0.2, -0.15) is 0 Å². The van der Waals surface area contributed by atoms with Crippen LogP contribution in [-0.4, -0.2) is 42.8 Å². The molecule has 0 radical (unpaired) electrons. The Labute approximate surface area is 150 Å². The quantitative estimate of drug-likeness (QED) is 0.784. The standard InChI is InChI=1S/C19H18ClFN2O2/c1-13(24)14-6-7-18(17(21)12-14)22-8-10-23(11-9-22)19(25)15-4-2-3-5-16(15)20/h2-7,12H,8-11H2,1H3. The van der Waals surface area contributed by atoms with Crippen molar-refractivity contribution in [3.8, 4) is 0 Å². The molecule has 0 saturated carbocycles. The fraction of sp³-hybridized carbons (Fsp3) is 0.263. The summed E-state index contributed by atoms with van der Waals surface area (Å²) < 4.78 is 14.3. The average Bonchev–Trinajstić information content (AvgIpc) is 2.61. The Bertz CT molecular complexity index is 817. The van der Waals surface area contributed by atoms with Gasteiger partial charge in [-0.05, 0) is 37.3 Å². The number of ketones is 1. The molecule has 1 aliphatic heterocycles. The van der Waals surface area contributed by atoms with E-state index in [-0.39, 0.29) is 11.7 Å². The van der Waals surface area contributed by atoms with Gasteiger partial charge in [-0.1, -0.05) is 23.7 Å². The van der Waals surface area contributed by atoms with Crippen molar-refractivity contribution in [3.05, 3.63) is 64.4 Å². The molecule has 4 nitrogen and oxygen atoms in total. The van der Waals surface area contributed by atoms with E-state index in [9.17, 15) is 14.0 Å². The summed E-state index contributed by atoms with van der Waals surface area (Å²) in [6.45, 7) is 3.42. The molecule has 1 saturated heterocycles. The van der Waals surface area contributed by atoms with Crippen LogP contribution in [0.1, 0.15) is 27.6 Å². The van der Waals surface area contributed by atoms with Crippen LogP contribution < -0.4 is 4.90 Å². The van der Waals surface area contributed by atoms with E-state index in [1.54, 1.807) is 41.3 Å². The van der Waals surface area contributed by atoms with Crippen molar-refractivity contribution in [2.75, 3.05) is 31.1 Å². The van der Waals surface area contributed by atoms with Gasteiger partial charge in [0.1, 0.15) is 5.82 Å². The molecule has 2 aromatic carbocycles. The Balaban J connectivity index is 1.69. The van der Waals surface area contributed by atoms with Crippen LogP contribution in [0.2, 0.25) is 5.02 Å². The number of carbonyl (C=O) groups is 2. The number of piperazine rings is 1. The Morgan fingerprint density at radius 3 is 2.32 bits per heavy atom. The molecule has 2 aromatic rings. The molecule has 0 atom stereocenters. The first-order valence-corrected chi connectivity index (χ1v) is 8.44.